The molecule has 0 amide bonds. The van der Waals surface area contributed by atoms with Crippen LogP contribution in [0.5, 0.6) is 5.75 Å². The monoisotopic (exact) mass is 259 g/mol. The fourth-order valence-electron chi connectivity index (χ4n) is 3.51. The van der Waals surface area contributed by atoms with E-state index < -0.39 is 0 Å². The van der Waals surface area contributed by atoms with Crippen LogP contribution in [-0.2, 0) is 0 Å². The first-order chi connectivity index (χ1) is 9.26. The fraction of sp³-hybridized carbons (Fsp3) is 0.647. The molecule has 1 N–H and O–H groups in total. The summed E-state index contributed by atoms with van der Waals surface area (Å²) in [5.74, 6) is 2.99. The quantitative estimate of drug-likeness (QED) is 0.866. The van der Waals surface area contributed by atoms with E-state index in [1.165, 1.54) is 49.8 Å². The van der Waals surface area contributed by atoms with Gasteiger partial charge in [-0.2, -0.15) is 0 Å². The van der Waals surface area contributed by atoms with Gasteiger partial charge in [-0.1, -0.05) is 18.9 Å². The molecule has 1 aromatic rings. The van der Waals surface area contributed by atoms with Crippen LogP contribution in [0.3, 0.4) is 0 Å². The molecule has 0 saturated heterocycles. The summed E-state index contributed by atoms with van der Waals surface area (Å²) in [6, 6.07) is 7.02. The topological polar surface area (TPSA) is 21.3 Å². The van der Waals surface area contributed by atoms with Gasteiger partial charge in [0.25, 0.3) is 0 Å². The molecule has 3 rings (SSSR count). The van der Waals surface area contributed by atoms with Crippen LogP contribution in [0.4, 0.5) is 5.69 Å². The van der Waals surface area contributed by atoms with Crippen molar-refractivity contribution in [2.75, 3.05) is 12.4 Å². The fourth-order valence-corrected chi connectivity index (χ4v) is 3.51. The van der Waals surface area contributed by atoms with E-state index in [9.17, 15) is 0 Å². The molecule has 2 unspecified atom stereocenters. The SMILES string of the molecule is COc1ccc(C)cc1NC1CCCC(C2CC2)C1. The highest BCUT2D eigenvalue weighted by molar-refractivity contribution is 5.58. The van der Waals surface area contributed by atoms with Crippen LogP contribution >= 0.6 is 0 Å². The lowest BCUT2D eigenvalue weighted by Crippen LogP contribution is -2.28. The summed E-state index contributed by atoms with van der Waals surface area (Å²) in [4.78, 5) is 0. The van der Waals surface area contributed by atoms with Crippen LogP contribution in [0.15, 0.2) is 18.2 Å². The van der Waals surface area contributed by atoms with Crippen LogP contribution in [0.25, 0.3) is 0 Å². The molecule has 0 bridgehead atoms. The minimum absolute atomic E-state index is 0.634. The highest BCUT2D eigenvalue weighted by Gasteiger charge is 2.34. The number of hydrogen-bond donors (Lipinski definition) is 1. The molecular formula is C17H25NO. The molecule has 1 aromatic carbocycles. The van der Waals surface area contributed by atoms with Gasteiger partial charge in [0.05, 0.1) is 12.8 Å². The summed E-state index contributed by atoms with van der Waals surface area (Å²) in [5, 5.41) is 3.73. The second kappa shape index (κ2) is 5.44. The Balaban J connectivity index is 1.68. The minimum atomic E-state index is 0.634. The molecule has 104 valence electrons. The van der Waals surface area contributed by atoms with Crippen molar-refractivity contribution in [2.24, 2.45) is 11.8 Å². The molecule has 2 atom stereocenters. The summed E-state index contributed by atoms with van der Waals surface area (Å²) < 4.78 is 5.47. The Labute approximate surface area is 116 Å². The maximum Gasteiger partial charge on any atom is 0.141 e. The molecule has 2 aliphatic rings. The molecule has 2 aliphatic carbocycles. The van der Waals surface area contributed by atoms with Crippen molar-refractivity contribution in [3.63, 3.8) is 0 Å². The highest BCUT2D eigenvalue weighted by atomic mass is 16.5. The van der Waals surface area contributed by atoms with Gasteiger partial charge < -0.3 is 10.1 Å². The largest absolute Gasteiger partial charge is 0.495 e. The predicted octanol–water partition coefficient (Wildman–Crippen LogP) is 4.38. The van der Waals surface area contributed by atoms with Gasteiger partial charge >= 0.3 is 0 Å². The maximum atomic E-state index is 5.47. The minimum Gasteiger partial charge on any atom is -0.495 e. The number of hydrogen-bond acceptors (Lipinski definition) is 2. The van der Waals surface area contributed by atoms with Gasteiger partial charge in [-0.05, 0) is 62.1 Å². The van der Waals surface area contributed by atoms with E-state index in [0.29, 0.717) is 6.04 Å². The van der Waals surface area contributed by atoms with E-state index >= 15 is 0 Å². The number of rotatable bonds is 4. The number of nitrogens with one attached hydrogen (secondary N) is 1. The Hall–Kier alpha value is -1.18. The van der Waals surface area contributed by atoms with Gasteiger partial charge in [0.15, 0.2) is 0 Å². The van der Waals surface area contributed by atoms with Crippen molar-refractivity contribution >= 4 is 5.69 Å². The average Bonchev–Trinajstić information content (AvgIpc) is 3.24. The third kappa shape index (κ3) is 3.05. The number of benzene rings is 1. The zero-order valence-corrected chi connectivity index (χ0v) is 12.1. The molecule has 0 spiro atoms. The number of anilines is 1. The Bertz CT molecular complexity index is 439. The Morgan fingerprint density at radius 2 is 1.95 bits per heavy atom. The smallest absolute Gasteiger partial charge is 0.141 e. The van der Waals surface area contributed by atoms with Gasteiger partial charge in [0, 0.05) is 6.04 Å². The van der Waals surface area contributed by atoms with E-state index in [1.807, 2.05) is 0 Å². The summed E-state index contributed by atoms with van der Waals surface area (Å²) >= 11 is 0. The van der Waals surface area contributed by atoms with E-state index in [1.54, 1.807) is 7.11 Å². The van der Waals surface area contributed by atoms with Crippen LogP contribution < -0.4 is 10.1 Å². The van der Waals surface area contributed by atoms with Crippen molar-refractivity contribution in [3.8, 4) is 5.75 Å². The van der Waals surface area contributed by atoms with E-state index in [-0.39, 0.29) is 0 Å². The van der Waals surface area contributed by atoms with Crippen molar-refractivity contribution < 1.29 is 4.74 Å². The molecule has 0 heterocycles. The van der Waals surface area contributed by atoms with Crippen LogP contribution in [-0.4, -0.2) is 13.2 Å². The summed E-state index contributed by atoms with van der Waals surface area (Å²) in [7, 11) is 1.75. The first-order valence-electron chi connectivity index (χ1n) is 7.67. The number of ether oxygens (including phenoxy) is 1. The average molecular weight is 259 g/mol. The van der Waals surface area contributed by atoms with Crippen LogP contribution in [0.2, 0.25) is 0 Å². The van der Waals surface area contributed by atoms with E-state index in [2.05, 4.69) is 30.4 Å². The summed E-state index contributed by atoms with van der Waals surface area (Å²) in [6.07, 6.45) is 8.44. The van der Waals surface area contributed by atoms with Crippen molar-refractivity contribution in [1.29, 1.82) is 0 Å². The van der Waals surface area contributed by atoms with Gasteiger partial charge in [0.2, 0.25) is 0 Å². The second-order valence-corrected chi connectivity index (χ2v) is 6.31. The molecule has 0 aromatic heterocycles. The van der Waals surface area contributed by atoms with Gasteiger partial charge in [-0.3, -0.25) is 0 Å². The molecule has 0 radical (unpaired) electrons. The number of aryl methyl sites for hydroxylation is 1. The first-order valence-corrected chi connectivity index (χ1v) is 7.67. The Kier molecular flexibility index (Phi) is 3.67. The van der Waals surface area contributed by atoms with Crippen LogP contribution in [0.1, 0.15) is 44.1 Å². The lowest BCUT2D eigenvalue weighted by Gasteiger charge is -2.31. The van der Waals surface area contributed by atoms with Gasteiger partial charge in [-0.15, -0.1) is 0 Å². The van der Waals surface area contributed by atoms with Crippen molar-refractivity contribution in [3.05, 3.63) is 23.8 Å². The maximum absolute atomic E-state index is 5.47. The molecule has 19 heavy (non-hydrogen) atoms. The third-order valence-electron chi connectivity index (χ3n) is 4.72. The lowest BCUT2D eigenvalue weighted by atomic mass is 9.82. The standard InChI is InChI=1S/C17H25NO/c1-12-6-9-17(19-2)16(10-12)18-15-5-3-4-14(11-15)13-7-8-13/h6,9-10,13-15,18H,3-5,7-8,11H2,1-2H3. The molecule has 2 saturated carbocycles. The Morgan fingerprint density at radius 3 is 2.68 bits per heavy atom. The highest BCUT2D eigenvalue weighted by Crippen LogP contribution is 2.44. The summed E-state index contributed by atoms with van der Waals surface area (Å²) in [6.45, 7) is 2.14. The molecule has 2 fully saturated rings. The molecule has 2 heteroatoms. The van der Waals surface area contributed by atoms with E-state index in [4.69, 9.17) is 4.74 Å². The zero-order valence-electron chi connectivity index (χ0n) is 12.1. The van der Waals surface area contributed by atoms with Crippen molar-refractivity contribution in [2.45, 2.75) is 51.5 Å². The summed E-state index contributed by atoms with van der Waals surface area (Å²) in [5.41, 5.74) is 2.46. The normalized spacial score (nSPS) is 27.1. The van der Waals surface area contributed by atoms with Crippen LogP contribution in [0, 0.1) is 18.8 Å². The molecular weight excluding hydrogens is 234 g/mol. The molecule has 2 nitrogen and oxygen atoms in total. The van der Waals surface area contributed by atoms with Gasteiger partial charge in [-0.25, -0.2) is 0 Å². The third-order valence-corrected chi connectivity index (χ3v) is 4.72. The zero-order chi connectivity index (χ0) is 13.2. The number of methoxy groups -OCH3 is 1. The first kappa shape index (κ1) is 12.8. The lowest BCUT2D eigenvalue weighted by molar-refractivity contribution is 0.302. The van der Waals surface area contributed by atoms with E-state index in [0.717, 1.165) is 17.6 Å². The molecule has 0 aliphatic heterocycles. The van der Waals surface area contributed by atoms with Crippen molar-refractivity contribution in [1.82, 2.24) is 0 Å². The predicted molar refractivity (Wildman–Crippen MR) is 79.8 cm³/mol. The Morgan fingerprint density at radius 1 is 1.11 bits per heavy atom. The second-order valence-electron chi connectivity index (χ2n) is 6.31. The van der Waals surface area contributed by atoms with Gasteiger partial charge in [0.1, 0.15) is 5.75 Å².